The molecule has 1 amide bonds. The lowest BCUT2D eigenvalue weighted by Crippen LogP contribution is -2.41. The van der Waals surface area contributed by atoms with Crippen LogP contribution in [-0.4, -0.2) is 34.2 Å². The van der Waals surface area contributed by atoms with Crippen LogP contribution in [0.15, 0.2) is 30.3 Å². The zero-order chi connectivity index (χ0) is 26.6. The van der Waals surface area contributed by atoms with Crippen LogP contribution in [0, 0.1) is 18.8 Å². The predicted octanol–water partition coefficient (Wildman–Crippen LogP) is 7.70. The summed E-state index contributed by atoms with van der Waals surface area (Å²) in [5.74, 6) is 0.631. The van der Waals surface area contributed by atoms with E-state index in [4.69, 9.17) is 23.2 Å². The Morgan fingerprint density at radius 1 is 0.973 bits per heavy atom. The van der Waals surface area contributed by atoms with Gasteiger partial charge in [0.25, 0.3) is 5.91 Å². The molecule has 4 nitrogen and oxygen atoms in total. The highest BCUT2D eigenvalue weighted by Crippen LogP contribution is 2.40. The van der Waals surface area contributed by atoms with Gasteiger partial charge in [0.1, 0.15) is 0 Å². The van der Waals surface area contributed by atoms with Crippen LogP contribution in [0.25, 0.3) is 10.9 Å². The number of ketones is 1. The lowest BCUT2D eigenvalue weighted by Gasteiger charge is -2.40. The number of likely N-dealkylation sites (tertiary alicyclic amines) is 1. The number of carbonyl (C=O) groups is 2. The molecule has 2 heterocycles. The molecule has 1 aliphatic heterocycles. The van der Waals surface area contributed by atoms with E-state index in [0.29, 0.717) is 30.0 Å². The first-order chi connectivity index (χ1) is 17.5. The average molecular weight is 551 g/mol. The van der Waals surface area contributed by atoms with E-state index in [1.807, 2.05) is 0 Å². The first kappa shape index (κ1) is 26.1. The van der Waals surface area contributed by atoms with Crippen molar-refractivity contribution in [2.75, 3.05) is 13.1 Å². The van der Waals surface area contributed by atoms with Gasteiger partial charge >= 0.3 is 6.18 Å². The monoisotopic (exact) mass is 550 g/mol. The van der Waals surface area contributed by atoms with E-state index in [1.54, 1.807) is 17.9 Å². The van der Waals surface area contributed by atoms with Crippen molar-refractivity contribution in [1.82, 2.24) is 9.47 Å². The van der Waals surface area contributed by atoms with Crippen LogP contribution in [0.1, 0.15) is 69.6 Å². The van der Waals surface area contributed by atoms with Crippen molar-refractivity contribution in [3.05, 3.63) is 68.3 Å². The smallest absolute Gasteiger partial charge is 0.341 e. The highest BCUT2D eigenvalue weighted by molar-refractivity contribution is 6.42. The van der Waals surface area contributed by atoms with Crippen molar-refractivity contribution in [2.45, 2.75) is 45.2 Å². The first-order valence-electron chi connectivity index (χ1n) is 12.5. The summed E-state index contributed by atoms with van der Waals surface area (Å²) in [6.45, 7) is 2.86. The molecule has 0 radical (unpaired) electrons. The molecular weight excluding hydrogens is 524 g/mol. The van der Waals surface area contributed by atoms with Crippen LogP contribution in [0.5, 0.6) is 0 Å². The summed E-state index contributed by atoms with van der Waals surface area (Å²) in [6, 6.07) is 6.63. The Bertz CT molecular complexity index is 1400. The van der Waals surface area contributed by atoms with Gasteiger partial charge in [-0.15, -0.1) is 0 Å². The number of rotatable bonds is 4. The Kier molecular flexibility index (Phi) is 6.82. The summed E-state index contributed by atoms with van der Waals surface area (Å²) in [6.07, 6.45) is 1.25. The van der Waals surface area contributed by atoms with E-state index in [2.05, 4.69) is 0 Å². The van der Waals surface area contributed by atoms with Gasteiger partial charge in [0, 0.05) is 31.0 Å². The second-order valence-corrected chi connectivity index (χ2v) is 11.0. The molecule has 3 aromatic rings. The number of aromatic nitrogens is 1. The fraction of sp³-hybridized carbons (Fsp3) is 0.429. The molecule has 0 bridgehead atoms. The molecule has 2 aromatic carbocycles. The van der Waals surface area contributed by atoms with Gasteiger partial charge in [-0.1, -0.05) is 42.5 Å². The van der Waals surface area contributed by atoms with Gasteiger partial charge in [-0.25, -0.2) is 0 Å². The van der Waals surface area contributed by atoms with Gasteiger partial charge in [-0.2, -0.15) is 13.2 Å². The highest BCUT2D eigenvalue weighted by Gasteiger charge is 2.34. The summed E-state index contributed by atoms with van der Waals surface area (Å²) >= 11 is 13.0. The Balaban J connectivity index is 1.46. The molecule has 196 valence electrons. The van der Waals surface area contributed by atoms with Crippen LogP contribution in [0.2, 0.25) is 10.0 Å². The number of fused-ring (bicyclic) bond motifs is 1. The van der Waals surface area contributed by atoms with Gasteiger partial charge in [-0.3, -0.25) is 9.59 Å². The van der Waals surface area contributed by atoms with E-state index >= 15 is 0 Å². The zero-order valence-corrected chi connectivity index (χ0v) is 22.1. The third kappa shape index (κ3) is 4.65. The number of amides is 1. The maximum atomic E-state index is 13.6. The van der Waals surface area contributed by atoms with Crippen LogP contribution in [0.4, 0.5) is 13.2 Å². The molecule has 1 saturated carbocycles. The minimum absolute atomic E-state index is 0.0295. The molecule has 2 aliphatic rings. The third-order valence-corrected chi connectivity index (χ3v) is 8.83. The lowest BCUT2D eigenvalue weighted by atomic mass is 9.72. The van der Waals surface area contributed by atoms with Gasteiger partial charge in [0.05, 0.1) is 32.4 Å². The normalized spacial score (nSPS) is 17.3. The second kappa shape index (κ2) is 9.66. The Morgan fingerprint density at radius 2 is 1.62 bits per heavy atom. The van der Waals surface area contributed by atoms with Gasteiger partial charge in [0.2, 0.25) is 5.78 Å². The Labute approximate surface area is 223 Å². The SMILES string of the molecule is Cc1cc(C(F)(F)F)cc2c1cc(C(=O)c1c(Cl)ccc(C(=O)N3CCC(C4CCC4)CC3)c1Cl)n2C. The topological polar surface area (TPSA) is 42.3 Å². The highest BCUT2D eigenvalue weighted by atomic mass is 35.5. The summed E-state index contributed by atoms with van der Waals surface area (Å²) in [4.78, 5) is 28.8. The van der Waals surface area contributed by atoms with Crippen molar-refractivity contribution in [3.63, 3.8) is 0 Å². The van der Waals surface area contributed by atoms with E-state index in [0.717, 1.165) is 30.9 Å². The van der Waals surface area contributed by atoms with E-state index in [-0.39, 0.29) is 38.3 Å². The molecule has 0 N–H and O–H groups in total. The zero-order valence-electron chi connectivity index (χ0n) is 20.6. The lowest BCUT2D eigenvalue weighted by molar-refractivity contribution is -0.137. The molecule has 1 aromatic heterocycles. The van der Waals surface area contributed by atoms with Crippen LogP contribution in [-0.2, 0) is 13.2 Å². The molecule has 9 heteroatoms. The fourth-order valence-corrected chi connectivity index (χ4v) is 6.32. The van der Waals surface area contributed by atoms with E-state index < -0.39 is 17.5 Å². The summed E-state index contributed by atoms with van der Waals surface area (Å²) in [7, 11) is 1.53. The molecule has 5 rings (SSSR count). The van der Waals surface area contributed by atoms with Crippen molar-refractivity contribution in [1.29, 1.82) is 0 Å². The van der Waals surface area contributed by atoms with Crippen LogP contribution < -0.4 is 0 Å². The molecule has 1 saturated heterocycles. The number of benzene rings is 2. The number of aryl methyl sites for hydroxylation is 2. The number of hydrogen-bond acceptors (Lipinski definition) is 2. The minimum atomic E-state index is -4.51. The van der Waals surface area contributed by atoms with Gasteiger partial charge < -0.3 is 9.47 Å². The van der Waals surface area contributed by atoms with Crippen LogP contribution >= 0.6 is 23.2 Å². The second-order valence-electron chi connectivity index (χ2n) is 10.2. The number of nitrogens with zero attached hydrogens (tertiary/aromatic N) is 2. The van der Waals surface area contributed by atoms with Crippen LogP contribution in [0.3, 0.4) is 0 Å². The average Bonchev–Trinajstić information content (AvgIpc) is 3.14. The number of halogens is 5. The number of carbonyl (C=O) groups excluding carboxylic acids is 2. The third-order valence-electron chi connectivity index (χ3n) is 8.12. The first-order valence-corrected chi connectivity index (χ1v) is 13.2. The van der Waals surface area contributed by atoms with Gasteiger partial charge in [0.15, 0.2) is 0 Å². The quantitative estimate of drug-likeness (QED) is 0.312. The van der Waals surface area contributed by atoms with Crippen molar-refractivity contribution in [3.8, 4) is 0 Å². The van der Waals surface area contributed by atoms with Crippen molar-refractivity contribution >= 4 is 45.8 Å². The number of alkyl halides is 3. The summed E-state index contributed by atoms with van der Waals surface area (Å²) in [5, 5.41) is 0.558. The fourth-order valence-electron chi connectivity index (χ4n) is 5.70. The maximum absolute atomic E-state index is 13.6. The molecule has 0 spiro atoms. The Morgan fingerprint density at radius 3 is 2.22 bits per heavy atom. The molecule has 0 atom stereocenters. The minimum Gasteiger partial charge on any atom is -0.341 e. The predicted molar refractivity (Wildman–Crippen MR) is 139 cm³/mol. The largest absolute Gasteiger partial charge is 0.416 e. The van der Waals surface area contributed by atoms with E-state index in [9.17, 15) is 22.8 Å². The van der Waals surface area contributed by atoms with Crippen molar-refractivity contribution in [2.24, 2.45) is 18.9 Å². The molecule has 0 unspecified atom stereocenters. The number of piperidine rings is 1. The molecule has 37 heavy (non-hydrogen) atoms. The standard InChI is InChI=1S/C28H27Cl2F3N2O2/c1-15-12-18(28(31,32)33)13-22-20(15)14-23(34(22)2)26(36)24-21(29)7-6-19(25(24)30)27(37)35-10-8-17(9-11-35)16-4-3-5-16/h6-7,12-14,16-17H,3-5,8-11H2,1-2H3. The Hall–Kier alpha value is -2.51. The summed E-state index contributed by atoms with van der Waals surface area (Å²) < 4.78 is 41.5. The number of hydrogen-bond donors (Lipinski definition) is 0. The van der Waals surface area contributed by atoms with Gasteiger partial charge in [-0.05, 0) is 67.5 Å². The molecule has 1 aliphatic carbocycles. The molecular formula is C28H27Cl2F3N2O2. The van der Waals surface area contributed by atoms with Crippen molar-refractivity contribution < 1.29 is 22.8 Å². The maximum Gasteiger partial charge on any atom is 0.416 e. The molecule has 2 fully saturated rings. The van der Waals surface area contributed by atoms with E-state index in [1.165, 1.54) is 43.0 Å². The summed E-state index contributed by atoms with van der Waals surface area (Å²) in [5.41, 5.74) is 0.175.